The monoisotopic (exact) mass is 373 g/mol. The smallest absolute Gasteiger partial charge is 0.360 e. The first-order valence-electron chi connectivity index (χ1n) is 5.20. The van der Waals surface area contributed by atoms with Gasteiger partial charge in [0.15, 0.2) is 11.5 Å². The topological polar surface area (TPSA) is 52.3 Å². The Bertz CT molecular complexity index is 560. The molecule has 1 aromatic heterocycles. The van der Waals surface area contributed by atoms with Crippen molar-refractivity contribution < 1.29 is 14.1 Å². The van der Waals surface area contributed by atoms with Crippen LogP contribution >= 0.6 is 31.9 Å². The van der Waals surface area contributed by atoms with E-state index in [0.717, 1.165) is 14.5 Å². The number of hydrogen-bond donors (Lipinski definition) is 0. The van der Waals surface area contributed by atoms with Crippen LogP contribution in [0.3, 0.4) is 0 Å². The molecule has 0 amide bonds. The molecule has 1 aromatic carbocycles. The van der Waals surface area contributed by atoms with E-state index in [9.17, 15) is 4.79 Å². The van der Waals surface area contributed by atoms with Gasteiger partial charge < -0.3 is 9.26 Å². The number of nitrogens with zero attached hydrogens (tertiary/aromatic N) is 1. The zero-order valence-corrected chi connectivity index (χ0v) is 12.6. The van der Waals surface area contributed by atoms with E-state index in [1.165, 1.54) is 0 Å². The van der Waals surface area contributed by atoms with Crippen LogP contribution in [0.5, 0.6) is 0 Å². The van der Waals surface area contributed by atoms with Crippen molar-refractivity contribution in [3.63, 3.8) is 0 Å². The van der Waals surface area contributed by atoms with E-state index in [2.05, 4.69) is 37.0 Å². The molecule has 2 rings (SSSR count). The molecule has 0 N–H and O–H groups in total. The highest BCUT2D eigenvalue weighted by atomic mass is 79.9. The summed E-state index contributed by atoms with van der Waals surface area (Å²) < 4.78 is 11.8. The fraction of sp³-hybridized carbons (Fsp3) is 0.167. The molecular weight excluding hydrogens is 366 g/mol. The van der Waals surface area contributed by atoms with Crippen molar-refractivity contribution in [2.45, 2.75) is 6.92 Å². The molecule has 0 unspecified atom stereocenters. The predicted octanol–water partition coefficient (Wildman–Crippen LogP) is 4.04. The molecule has 0 bridgehead atoms. The molecule has 94 valence electrons. The lowest BCUT2D eigenvalue weighted by Crippen LogP contribution is -2.04. The largest absolute Gasteiger partial charge is 0.461 e. The number of ether oxygens (including phenoxy) is 1. The van der Waals surface area contributed by atoms with Gasteiger partial charge in [-0.3, -0.25) is 0 Å². The van der Waals surface area contributed by atoms with Gasteiger partial charge in [0.2, 0.25) is 0 Å². The summed E-state index contributed by atoms with van der Waals surface area (Å²) in [6.45, 7) is 2.05. The van der Waals surface area contributed by atoms with Gasteiger partial charge in [-0.2, -0.15) is 0 Å². The average molecular weight is 375 g/mol. The molecule has 0 spiro atoms. The number of carbonyl (C=O) groups excluding carboxylic acids is 1. The Morgan fingerprint density at radius 1 is 1.28 bits per heavy atom. The van der Waals surface area contributed by atoms with Crippen LogP contribution in [0.15, 0.2) is 37.7 Å². The minimum atomic E-state index is -0.485. The number of rotatable bonds is 3. The van der Waals surface area contributed by atoms with Gasteiger partial charge in [-0.05, 0) is 25.1 Å². The molecule has 0 atom stereocenters. The minimum absolute atomic E-state index is 0.169. The fourth-order valence-corrected chi connectivity index (χ4v) is 2.70. The third-order valence-electron chi connectivity index (χ3n) is 2.14. The van der Waals surface area contributed by atoms with Crippen LogP contribution in [-0.4, -0.2) is 17.7 Å². The number of carbonyl (C=O) groups is 1. The summed E-state index contributed by atoms with van der Waals surface area (Å²) in [5.74, 6) is 0.0293. The van der Waals surface area contributed by atoms with Gasteiger partial charge in [0.25, 0.3) is 0 Å². The quantitative estimate of drug-likeness (QED) is 0.760. The predicted molar refractivity (Wildman–Crippen MR) is 73.3 cm³/mol. The molecule has 0 fully saturated rings. The second kappa shape index (κ2) is 5.67. The maximum Gasteiger partial charge on any atom is 0.360 e. The van der Waals surface area contributed by atoms with E-state index in [4.69, 9.17) is 9.26 Å². The number of esters is 1. The second-order valence-corrected chi connectivity index (χ2v) is 5.29. The van der Waals surface area contributed by atoms with Gasteiger partial charge in [-0.25, -0.2) is 4.79 Å². The zero-order valence-electron chi connectivity index (χ0n) is 9.44. The van der Waals surface area contributed by atoms with Crippen LogP contribution in [0.4, 0.5) is 0 Å². The van der Waals surface area contributed by atoms with E-state index in [0.29, 0.717) is 12.4 Å². The minimum Gasteiger partial charge on any atom is -0.461 e. The highest BCUT2D eigenvalue weighted by molar-refractivity contribution is 9.11. The molecule has 0 aliphatic heterocycles. The number of halogens is 2. The van der Waals surface area contributed by atoms with Crippen molar-refractivity contribution in [2.75, 3.05) is 6.61 Å². The molecule has 0 aliphatic carbocycles. The average Bonchev–Trinajstić information content (AvgIpc) is 2.77. The molecule has 0 saturated heterocycles. The number of hydrogen-bond acceptors (Lipinski definition) is 4. The first-order valence-corrected chi connectivity index (χ1v) is 6.79. The molecule has 2 aromatic rings. The first kappa shape index (κ1) is 13.3. The van der Waals surface area contributed by atoms with E-state index in [1.54, 1.807) is 13.0 Å². The van der Waals surface area contributed by atoms with Crippen LogP contribution < -0.4 is 0 Å². The molecule has 0 saturated carbocycles. The summed E-state index contributed by atoms with van der Waals surface area (Å²) in [7, 11) is 0. The summed E-state index contributed by atoms with van der Waals surface area (Å²) in [6, 6.07) is 7.22. The standard InChI is InChI=1S/C12H9Br2NO3/c1-2-17-12(16)10-6-11(18-15-10)7-3-8(13)5-9(14)4-7/h3-6H,2H2,1H3. The Morgan fingerprint density at radius 3 is 2.56 bits per heavy atom. The Labute approximate surface area is 121 Å². The lowest BCUT2D eigenvalue weighted by atomic mass is 10.1. The van der Waals surface area contributed by atoms with Crippen molar-refractivity contribution in [3.05, 3.63) is 38.9 Å². The van der Waals surface area contributed by atoms with Crippen LogP contribution in [0.25, 0.3) is 11.3 Å². The summed E-state index contributed by atoms with van der Waals surface area (Å²) >= 11 is 6.77. The molecule has 6 heteroatoms. The SMILES string of the molecule is CCOC(=O)c1cc(-c2cc(Br)cc(Br)c2)on1. The van der Waals surface area contributed by atoms with Crippen molar-refractivity contribution in [2.24, 2.45) is 0 Å². The number of benzene rings is 1. The van der Waals surface area contributed by atoms with Gasteiger partial charge in [-0.15, -0.1) is 0 Å². The Hall–Kier alpha value is -1.14. The van der Waals surface area contributed by atoms with Gasteiger partial charge in [0.05, 0.1) is 6.61 Å². The van der Waals surface area contributed by atoms with Gasteiger partial charge in [0.1, 0.15) is 0 Å². The highest BCUT2D eigenvalue weighted by Crippen LogP contribution is 2.28. The van der Waals surface area contributed by atoms with Crippen LogP contribution in [-0.2, 0) is 4.74 Å². The molecule has 0 aliphatic rings. The van der Waals surface area contributed by atoms with Crippen LogP contribution in [0, 0.1) is 0 Å². The fourth-order valence-electron chi connectivity index (χ4n) is 1.41. The van der Waals surface area contributed by atoms with Gasteiger partial charge in [0, 0.05) is 20.6 Å². The van der Waals surface area contributed by atoms with E-state index in [-0.39, 0.29) is 5.69 Å². The molecule has 4 nitrogen and oxygen atoms in total. The Morgan fingerprint density at radius 2 is 1.94 bits per heavy atom. The highest BCUT2D eigenvalue weighted by Gasteiger charge is 2.14. The van der Waals surface area contributed by atoms with Crippen molar-refractivity contribution >= 4 is 37.8 Å². The lowest BCUT2D eigenvalue weighted by molar-refractivity contribution is 0.0514. The summed E-state index contributed by atoms with van der Waals surface area (Å²) in [6.07, 6.45) is 0. The molecular formula is C12H9Br2NO3. The summed E-state index contributed by atoms with van der Waals surface area (Å²) in [5.41, 5.74) is 0.988. The maximum absolute atomic E-state index is 11.5. The van der Waals surface area contributed by atoms with E-state index >= 15 is 0 Å². The van der Waals surface area contributed by atoms with E-state index in [1.807, 2.05) is 18.2 Å². The van der Waals surface area contributed by atoms with Crippen molar-refractivity contribution in [1.29, 1.82) is 0 Å². The third-order valence-corrected chi connectivity index (χ3v) is 3.06. The molecule has 0 radical (unpaired) electrons. The maximum atomic E-state index is 11.5. The van der Waals surface area contributed by atoms with Gasteiger partial charge >= 0.3 is 5.97 Å². The Kier molecular flexibility index (Phi) is 4.19. The Balaban J connectivity index is 2.32. The summed E-state index contributed by atoms with van der Waals surface area (Å²) in [4.78, 5) is 11.5. The normalized spacial score (nSPS) is 10.4. The zero-order chi connectivity index (χ0) is 13.1. The molecule has 18 heavy (non-hydrogen) atoms. The van der Waals surface area contributed by atoms with E-state index < -0.39 is 5.97 Å². The van der Waals surface area contributed by atoms with Crippen LogP contribution in [0.2, 0.25) is 0 Å². The lowest BCUT2D eigenvalue weighted by Gasteiger charge is -1.98. The third kappa shape index (κ3) is 3.00. The molecule has 1 heterocycles. The van der Waals surface area contributed by atoms with Crippen molar-refractivity contribution in [3.8, 4) is 11.3 Å². The second-order valence-electron chi connectivity index (χ2n) is 3.45. The summed E-state index contributed by atoms with van der Waals surface area (Å²) in [5, 5.41) is 3.69. The first-order chi connectivity index (χ1) is 8.60. The number of aromatic nitrogens is 1. The van der Waals surface area contributed by atoms with Gasteiger partial charge in [-0.1, -0.05) is 37.0 Å². The van der Waals surface area contributed by atoms with Crippen LogP contribution in [0.1, 0.15) is 17.4 Å². The van der Waals surface area contributed by atoms with Crippen molar-refractivity contribution in [1.82, 2.24) is 5.16 Å².